The normalized spacial score (nSPS) is 13.0. The number of aromatic nitrogens is 2. The molecule has 176 valence electrons. The van der Waals surface area contributed by atoms with Gasteiger partial charge in [-0.05, 0) is 48.6 Å². The van der Waals surface area contributed by atoms with Crippen LogP contribution < -0.4 is 15.9 Å². The highest BCUT2D eigenvalue weighted by Crippen LogP contribution is 2.36. The lowest BCUT2D eigenvalue weighted by Gasteiger charge is -2.16. The predicted octanol–water partition coefficient (Wildman–Crippen LogP) is 4.29. The number of nitrogens with zero attached hydrogens (tertiary/aromatic N) is 4. The lowest BCUT2D eigenvalue weighted by atomic mass is 10.1. The molecule has 0 spiro atoms. The Morgan fingerprint density at radius 2 is 1.49 bits per heavy atom. The van der Waals surface area contributed by atoms with E-state index in [1.807, 2.05) is 36.4 Å². The molecule has 0 aliphatic carbocycles. The van der Waals surface area contributed by atoms with Crippen molar-refractivity contribution in [2.24, 2.45) is 0 Å². The minimum Gasteiger partial charge on any atom is -0.464 e. The molecule has 4 aromatic rings. The minimum absolute atomic E-state index is 0.0438. The molecule has 0 saturated carbocycles. The van der Waals surface area contributed by atoms with Gasteiger partial charge in [-0.1, -0.05) is 42.5 Å². The van der Waals surface area contributed by atoms with E-state index in [9.17, 15) is 24.0 Å². The third kappa shape index (κ3) is 3.65. The Morgan fingerprint density at radius 3 is 2.09 bits per heavy atom. The highest BCUT2D eigenvalue weighted by molar-refractivity contribution is 6.06. The number of anilines is 2. The quantitative estimate of drug-likeness (QED) is 0.431. The summed E-state index contributed by atoms with van der Waals surface area (Å²) >= 11 is 0. The Labute approximate surface area is 198 Å². The van der Waals surface area contributed by atoms with Gasteiger partial charge >= 0.3 is 6.09 Å². The molecule has 0 atom stereocenters. The van der Waals surface area contributed by atoms with Gasteiger partial charge in [-0.25, -0.2) is 14.2 Å². The molecule has 0 fully saturated rings. The molecule has 0 unspecified atom stereocenters. The lowest BCUT2D eigenvalue weighted by Crippen LogP contribution is -2.35. The number of hydrogen-bond donors (Lipinski definition) is 2. The summed E-state index contributed by atoms with van der Waals surface area (Å²) in [6.45, 7) is 1.31. The van der Waals surface area contributed by atoms with Crippen LogP contribution in [0.15, 0.2) is 83.7 Å². The molecule has 2 N–H and O–H groups in total. The first-order valence-corrected chi connectivity index (χ1v) is 10.7. The molecule has 5 rings (SSSR count). The first kappa shape index (κ1) is 22.1. The standard InChI is InChI=1S/C25H20FN5O4/c1-16-22(23(32)27-20-13-8-14-21-19(20)15-28(26)31(21)25(34)35)24(33)30(18-11-6-3-7-12-18)29(16)17-9-4-2-5-10-17/h2-14H,15H2,1H3,(H,27,32)(H,34,35). The Bertz CT molecular complexity index is 1500. The Hall–Kier alpha value is -4.70. The number of halogens is 1. The first-order valence-electron chi connectivity index (χ1n) is 10.7. The van der Waals surface area contributed by atoms with E-state index in [0.717, 1.165) is 0 Å². The van der Waals surface area contributed by atoms with Crippen LogP contribution in [-0.4, -0.2) is 31.7 Å². The van der Waals surface area contributed by atoms with Gasteiger partial charge in [0.1, 0.15) is 5.56 Å². The van der Waals surface area contributed by atoms with Gasteiger partial charge in [-0.3, -0.25) is 9.59 Å². The average molecular weight is 473 g/mol. The van der Waals surface area contributed by atoms with E-state index in [1.165, 1.54) is 22.9 Å². The maximum absolute atomic E-state index is 14.2. The zero-order valence-corrected chi connectivity index (χ0v) is 18.6. The predicted molar refractivity (Wildman–Crippen MR) is 128 cm³/mol. The van der Waals surface area contributed by atoms with Gasteiger partial charge in [0.05, 0.1) is 29.3 Å². The highest BCUT2D eigenvalue weighted by Gasteiger charge is 2.35. The van der Waals surface area contributed by atoms with E-state index in [2.05, 4.69) is 5.32 Å². The van der Waals surface area contributed by atoms with Gasteiger partial charge in [0.2, 0.25) is 0 Å². The molecule has 1 aliphatic heterocycles. The number of rotatable bonds is 4. The molecule has 10 heteroatoms. The van der Waals surface area contributed by atoms with Crippen molar-refractivity contribution in [2.75, 3.05) is 10.3 Å². The van der Waals surface area contributed by atoms with E-state index >= 15 is 0 Å². The van der Waals surface area contributed by atoms with Crippen molar-refractivity contribution in [1.82, 2.24) is 14.6 Å². The third-order valence-electron chi connectivity index (χ3n) is 5.83. The smallest absolute Gasteiger partial charge is 0.428 e. The van der Waals surface area contributed by atoms with Gasteiger partial charge in [-0.2, -0.15) is 5.01 Å². The molecule has 0 radical (unpaired) electrons. The highest BCUT2D eigenvalue weighted by atomic mass is 19.2. The van der Waals surface area contributed by atoms with Crippen molar-refractivity contribution < 1.29 is 19.2 Å². The van der Waals surface area contributed by atoms with Crippen LogP contribution in [0, 0.1) is 6.92 Å². The van der Waals surface area contributed by atoms with Gasteiger partial charge < -0.3 is 10.4 Å². The maximum atomic E-state index is 14.2. The molecular weight excluding hydrogens is 453 g/mol. The summed E-state index contributed by atoms with van der Waals surface area (Å²) in [6.07, 6.45) is -1.49. The number of hydrazine groups is 1. The van der Waals surface area contributed by atoms with Crippen LogP contribution in [0.1, 0.15) is 21.6 Å². The second-order valence-corrected chi connectivity index (χ2v) is 7.91. The van der Waals surface area contributed by atoms with Crippen LogP contribution in [0.2, 0.25) is 0 Å². The number of hydrogen-bond acceptors (Lipinski definition) is 4. The number of carboxylic acid groups (broad SMARTS) is 1. The summed E-state index contributed by atoms with van der Waals surface area (Å²) in [7, 11) is 0. The van der Waals surface area contributed by atoms with Crippen molar-refractivity contribution >= 4 is 23.4 Å². The van der Waals surface area contributed by atoms with Crippen molar-refractivity contribution in [3.05, 3.63) is 106 Å². The molecule has 1 aliphatic rings. The summed E-state index contributed by atoms with van der Waals surface area (Å²) in [6, 6.07) is 22.6. The molecule has 2 heterocycles. The summed E-state index contributed by atoms with van der Waals surface area (Å²) in [5.41, 5.74) is 1.67. The SMILES string of the molecule is Cc1c(C(=O)Nc2cccc3c2CN(F)N3C(=O)O)c(=O)n(-c2ccccc2)n1-c1ccccc1. The molecule has 35 heavy (non-hydrogen) atoms. The molecule has 3 aromatic carbocycles. The maximum Gasteiger partial charge on any atom is 0.428 e. The number of amides is 2. The van der Waals surface area contributed by atoms with Gasteiger partial charge in [0.15, 0.2) is 0 Å². The molecule has 0 saturated heterocycles. The van der Waals surface area contributed by atoms with Crippen molar-refractivity contribution in [3.8, 4) is 11.4 Å². The number of benzene rings is 3. The van der Waals surface area contributed by atoms with Gasteiger partial charge in [0, 0.05) is 11.3 Å². The molecule has 9 nitrogen and oxygen atoms in total. The van der Waals surface area contributed by atoms with Crippen LogP contribution in [-0.2, 0) is 6.54 Å². The van der Waals surface area contributed by atoms with Crippen LogP contribution in [0.4, 0.5) is 20.7 Å². The topological polar surface area (TPSA) is 99.8 Å². The Kier molecular flexibility index (Phi) is 5.42. The first-order chi connectivity index (χ1) is 16.9. The van der Waals surface area contributed by atoms with E-state index in [4.69, 9.17) is 0 Å². The number of fused-ring (bicyclic) bond motifs is 1. The average Bonchev–Trinajstić information content (AvgIpc) is 3.33. The zero-order chi connectivity index (χ0) is 24.7. The number of carbonyl (C=O) groups is 2. The second kappa shape index (κ2) is 8.58. The van der Waals surface area contributed by atoms with Gasteiger partial charge in [-0.15, -0.1) is 4.48 Å². The summed E-state index contributed by atoms with van der Waals surface area (Å²) in [5, 5.41) is 12.5. The van der Waals surface area contributed by atoms with Crippen LogP contribution in [0.5, 0.6) is 0 Å². The number of carbonyl (C=O) groups excluding carboxylic acids is 1. The van der Waals surface area contributed by atoms with Crippen LogP contribution in [0.25, 0.3) is 11.4 Å². The van der Waals surface area contributed by atoms with Crippen molar-refractivity contribution in [3.63, 3.8) is 0 Å². The summed E-state index contributed by atoms with van der Waals surface area (Å²) in [4.78, 5) is 38.4. The minimum atomic E-state index is -1.49. The lowest BCUT2D eigenvalue weighted by molar-refractivity contribution is 0.0165. The monoisotopic (exact) mass is 473 g/mol. The second-order valence-electron chi connectivity index (χ2n) is 7.91. The van der Waals surface area contributed by atoms with Crippen molar-refractivity contribution in [1.29, 1.82) is 0 Å². The van der Waals surface area contributed by atoms with E-state index in [0.29, 0.717) is 22.1 Å². The molecule has 1 aromatic heterocycles. The van der Waals surface area contributed by atoms with Crippen LogP contribution >= 0.6 is 0 Å². The van der Waals surface area contributed by atoms with Gasteiger partial charge in [0.25, 0.3) is 11.5 Å². The fourth-order valence-corrected chi connectivity index (χ4v) is 4.30. The Morgan fingerprint density at radius 1 is 0.886 bits per heavy atom. The van der Waals surface area contributed by atoms with E-state index in [1.54, 1.807) is 35.9 Å². The van der Waals surface area contributed by atoms with E-state index < -0.39 is 17.6 Å². The largest absolute Gasteiger partial charge is 0.464 e. The third-order valence-corrected chi connectivity index (χ3v) is 5.83. The van der Waals surface area contributed by atoms with Crippen molar-refractivity contribution in [2.45, 2.75) is 13.5 Å². The molecule has 0 bridgehead atoms. The van der Waals surface area contributed by atoms with E-state index in [-0.39, 0.29) is 34.3 Å². The summed E-state index contributed by atoms with van der Waals surface area (Å²) in [5.74, 6) is -0.681. The fraction of sp³-hybridized carbons (Fsp3) is 0.0800. The molecular formula is C25H20FN5O4. The number of nitrogens with one attached hydrogen (secondary N) is 1. The zero-order valence-electron chi connectivity index (χ0n) is 18.6. The fourth-order valence-electron chi connectivity index (χ4n) is 4.30. The van der Waals surface area contributed by atoms with Crippen LogP contribution in [0.3, 0.4) is 0 Å². The Balaban J connectivity index is 1.61. The number of para-hydroxylation sites is 2. The molecule has 2 amide bonds. The summed E-state index contributed by atoms with van der Waals surface area (Å²) < 4.78 is 17.3.